The third-order valence-corrected chi connectivity index (χ3v) is 4.29. The van der Waals surface area contributed by atoms with Gasteiger partial charge in [0, 0.05) is 11.5 Å². The van der Waals surface area contributed by atoms with Gasteiger partial charge in [-0.25, -0.2) is 0 Å². The Bertz CT molecular complexity index is 527. The molecule has 0 radical (unpaired) electrons. The molecule has 1 saturated heterocycles. The van der Waals surface area contributed by atoms with Gasteiger partial charge >= 0.3 is 0 Å². The molecule has 1 aromatic heterocycles. The van der Waals surface area contributed by atoms with Gasteiger partial charge in [0.1, 0.15) is 5.76 Å². The fraction of sp³-hybridized carbons (Fsp3) is 0.471. The second kappa shape index (κ2) is 6.23. The highest BCUT2D eigenvalue weighted by atomic mass is 16.5. The summed E-state index contributed by atoms with van der Waals surface area (Å²) in [5, 5.41) is 4.04. The largest absolute Gasteiger partial charge is 0.361 e. The van der Waals surface area contributed by atoms with E-state index in [4.69, 9.17) is 4.52 Å². The Morgan fingerprint density at radius 3 is 2.65 bits per heavy atom. The number of likely N-dealkylation sites (tertiary alicyclic amines) is 1. The van der Waals surface area contributed by atoms with E-state index in [0.29, 0.717) is 5.92 Å². The number of benzene rings is 1. The maximum Gasteiger partial charge on any atom is 0.143 e. The molecule has 0 amide bonds. The van der Waals surface area contributed by atoms with Crippen LogP contribution in [0.15, 0.2) is 41.1 Å². The van der Waals surface area contributed by atoms with Gasteiger partial charge in [-0.15, -0.1) is 0 Å². The molecule has 20 heavy (non-hydrogen) atoms. The summed E-state index contributed by atoms with van der Waals surface area (Å²) in [6.07, 6.45) is 6.36. The highest BCUT2D eigenvalue weighted by molar-refractivity contribution is 5.22. The number of aryl methyl sites for hydroxylation is 2. The molecular formula is C17H22N2O. The van der Waals surface area contributed by atoms with Crippen molar-refractivity contribution in [2.24, 2.45) is 0 Å². The van der Waals surface area contributed by atoms with Crippen LogP contribution in [-0.4, -0.2) is 30.2 Å². The highest BCUT2D eigenvalue weighted by Gasteiger charge is 2.24. The number of piperidine rings is 1. The number of hydrogen-bond donors (Lipinski definition) is 0. The van der Waals surface area contributed by atoms with E-state index in [0.717, 1.165) is 31.7 Å². The van der Waals surface area contributed by atoms with Crippen LogP contribution < -0.4 is 0 Å². The van der Waals surface area contributed by atoms with Gasteiger partial charge in [-0.2, -0.15) is 0 Å². The van der Waals surface area contributed by atoms with Crippen LogP contribution in [-0.2, 0) is 12.8 Å². The van der Waals surface area contributed by atoms with Crippen molar-refractivity contribution in [2.45, 2.75) is 31.6 Å². The Labute approximate surface area is 120 Å². The standard InChI is InChI=1S/C17H22N2O/c1-19-11-9-15(10-12-19)17-16(13-18-20-17)8-7-14-5-3-2-4-6-14/h2-6,13,15H,7-12H2,1H3. The van der Waals surface area contributed by atoms with Crippen molar-refractivity contribution in [2.75, 3.05) is 20.1 Å². The highest BCUT2D eigenvalue weighted by Crippen LogP contribution is 2.30. The van der Waals surface area contributed by atoms with E-state index in [2.05, 4.69) is 47.4 Å². The molecule has 0 saturated carbocycles. The van der Waals surface area contributed by atoms with Gasteiger partial charge in [0.2, 0.25) is 0 Å². The Morgan fingerprint density at radius 1 is 1.15 bits per heavy atom. The molecule has 0 N–H and O–H groups in total. The summed E-state index contributed by atoms with van der Waals surface area (Å²) in [7, 11) is 2.19. The van der Waals surface area contributed by atoms with Gasteiger partial charge in [-0.05, 0) is 51.4 Å². The first-order valence-corrected chi connectivity index (χ1v) is 7.49. The number of hydrogen-bond acceptors (Lipinski definition) is 3. The van der Waals surface area contributed by atoms with Gasteiger partial charge in [0.05, 0.1) is 6.20 Å². The van der Waals surface area contributed by atoms with Gasteiger partial charge in [-0.3, -0.25) is 0 Å². The van der Waals surface area contributed by atoms with Crippen LogP contribution >= 0.6 is 0 Å². The first-order chi connectivity index (χ1) is 9.83. The minimum Gasteiger partial charge on any atom is -0.361 e. The van der Waals surface area contributed by atoms with Crippen molar-refractivity contribution < 1.29 is 4.52 Å². The Hall–Kier alpha value is -1.61. The maximum atomic E-state index is 5.56. The lowest BCUT2D eigenvalue weighted by Gasteiger charge is -2.27. The van der Waals surface area contributed by atoms with Crippen molar-refractivity contribution in [3.63, 3.8) is 0 Å². The van der Waals surface area contributed by atoms with Crippen LogP contribution in [0.3, 0.4) is 0 Å². The fourth-order valence-electron chi connectivity index (χ4n) is 2.99. The smallest absolute Gasteiger partial charge is 0.143 e. The molecule has 106 valence electrons. The first kappa shape index (κ1) is 13.4. The SMILES string of the molecule is CN1CCC(c2oncc2CCc2ccccc2)CC1. The summed E-state index contributed by atoms with van der Waals surface area (Å²) in [4.78, 5) is 2.39. The second-order valence-electron chi connectivity index (χ2n) is 5.78. The average Bonchev–Trinajstić information content (AvgIpc) is 2.95. The predicted molar refractivity (Wildman–Crippen MR) is 79.8 cm³/mol. The molecule has 0 aliphatic carbocycles. The zero-order valence-electron chi connectivity index (χ0n) is 12.1. The van der Waals surface area contributed by atoms with Gasteiger partial charge in [-0.1, -0.05) is 35.5 Å². The molecule has 1 aromatic carbocycles. The predicted octanol–water partition coefficient (Wildman–Crippen LogP) is 3.27. The van der Waals surface area contributed by atoms with Crippen LogP contribution in [0.4, 0.5) is 0 Å². The molecule has 1 aliphatic heterocycles. The van der Waals surface area contributed by atoms with Gasteiger partial charge < -0.3 is 9.42 Å². The van der Waals surface area contributed by atoms with Crippen molar-refractivity contribution >= 4 is 0 Å². The Morgan fingerprint density at radius 2 is 1.90 bits per heavy atom. The van der Waals surface area contributed by atoms with E-state index in [1.165, 1.54) is 24.0 Å². The van der Waals surface area contributed by atoms with Crippen LogP contribution in [0.5, 0.6) is 0 Å². The second-order valence-corrected chi connectivity index (χ2v) is 5.78. The zero-order valence-corrected chi connectivity index (χ0v) is 12.1. The van der Waals surface area contributed by atoms with Crippen LogP contribution in [0, 0.1) is 0 Å². The van der Waals surface area contributed by atoms with Crippen molar-refractivity contribution in [3.05, 3.63) is 53.4 Å². The molecule has 0 unspecified atom stereocenters. The number of rotatable bonds is 4. The molecular weight excluding hydrogens is 248 g/mol. The van der Waals surface area contributed by atoms with Crippen molar-refractivity contribution in [1.82, 2.24) is 10.1 Å². The van der Waals surface area contributed by atoms with Gasteiger partial charge in [0.25, 0.3) is 0 Å². The summed E-state index contributed by atoms with van der Waals surface area (Å²) in [5.41, 5.74) is 2.67. The summed E-state index contributed by atoms with van der Waals surface area (Å²) in [6.45, 7) is 2.31. The van der Waals surface area contributed by atoms with Crippen molar-refractivity contribution in [3.8, 4) is 0 Å². The van der Waals surface area contributed by atoms with Crippen molar-refractivity contribution in [1.29, 1.82) is 0 Å². The normalized spacial score (nSPS) is 17.4. The molecule has 3 rings (SSSR count). The third kappa shape index (κ3) is 3.10. The molecule has 0 bridgehead atoms. The minimum atomic E-state index is 0.555. The molecule has 3 nitrogen and oxygen atoms in total. The van der Waals surface area contributed by atoms with Gasteiger partial charge in [0.15, 0.2) is 0 Å². The Kier molecular flexibility index (Phi) is 4.16. The summed E-state index contributed by atoms with van der Waals surface area (Å²) in [5.74, 6) is 1.69. The Balaban J connectivity index is 1.64. The van der Waals surface area contributed by atoms with E-state index < -0.39 is 0 Å². The average molecular weight is 270 g/mol. The lowest BCUT2D eigenvalue weighted by Crippen LogP contribution is -2.29. The summed E-state index contributed by atoms with van der Waals surface area (Å²) < 4.78 is 5.56. The molecule has 1 fully saturated rings. The molecule has 2 heterocycles. The lowest BCUT2D eigenvalue weighted by atomic mass is 9.91. The number of aromatic nitrogens is 1. The molecule has 0 atom stereocenters. The van der Waals surface area contributed by atoms with E-state index in [9.17, 15) is 0 Å². The maximum absolute atomic E-state index is 5.56. The molecule has 2 aromatic rings. The topological polar surface area (TPSA) is 29.3 Å². The minimum absolute atomic E-state index is 0.555. The third-order valence-electron chi connectivity index (χ3n) is 4.29. The van der Waals surface area contributed by atoms with E-state index in [1.54, 1.807) is 0 Å². The monoisotopic (exact) mass is 270 g/mol. The fourth-order valence-corrected chi connectivity index (χ4v) is 2.99. The van der Waals surface area contributed by atoms with Crippen LogP contribution in [0.25, 0.3) is 0 Å². The lowest BCUT2D eigenvalue weighted by molar-refractivity contribution is 0.230. The zero-order chi connectivity index (χ0) is 13.8. The summed E-state index contributed by atoms with van der Waals surface area (Å²) in [6, 6.07) is 10.6. The summed E-state index contributed by atoms with van der Waals surface area (Å²) >= 11 is 0. The quantitative estimate of drug-likeness (QED) is 0.854. The van der Waals surface area contributed by atoms with E-state index in [-0.39, 0.29) is 0 Å². The molecule has 3 heteroatoms. The van der Waals surface area contributed by atoms with E-state index in [1.807, 2.05) is 6.20 Å². The van der Waals surface area contributed by atoms with E-state index >= 15 is 0 Å². The van der Waals surface area contributed by atoms with Crippen LogP contribution in [0.1, 0.15) is 35.6 Å². The number of nitrogens with zero attached hydrogens (tertiary/aromatic N) is 2. The molecule has 0 spiro atoms. The van der Waals surface area contributed by atoms with Crippen LogP contribution in [0.2, 0.25) is 0 Å². The first-order valence-electron chi connectivity index (χ1n) is 7.49. The molecule has 1 aliphatic rings.